The molecule has 5 heteroatoms. The van der Waals surface area contributed by atoms with Crippen molar-refractivity contribution < 1.29 is 13.2 Å². The SMILES string of the molecule is CC(C)c1cnn(-c2ccccc2C(F)(F)F)c1. The lowest BCUT2D eigenvalue weighted by molar-refractivity contribution is -0.137. The lowest BCUT2D eigenvalue weighted by Gasteiger charge is -2.12. The van der Waals surface area contributed by atoms with E-state index in [4.69, 9.17) is 0 Å². The zero-order chi connectivity index (χ0) is 13.3. The molecule has 1 aromatic heterocycles. The minimum atomic E-state index is -4.37. The second kappa shape index (κ2) is 4.48. The van der Waals surface area contributed by atoms with Crippen LogP contribution in [0.2, 0.25) is 0 Å². The van der Waals surface area contributed by atoms with Crippen molar-refractivity contribution in [3.63, 3.8) is 0 Å². The van der Waals surface area contributed by atoms with Crippen molar-refractivity contribution in [1.29, 1.82) is 0 Å². The monoisotopic (exact) mass is 254 g/mol. The molecular formula is C13H13F3N2. The van der Waals surface area contributed by atoms with Gasteiger partial charge in [0.2, 0.25) is 0 Å². The van der Waals surface area contributed by atoms with Crippen LogP contribution < -0.4 is 0 Å². The molecule has 0 saturated carbocycles. The van der Waals surface area contributed by atoms with Gasteiger partial charge >= 0.3 is 6.18 Å². The number of hydrogen-bond donors (Lipinski definition) is 0. The second-order valence-electron chi connectivity index (χ2n) is 4.39. The van der Waals surface area contributed by atoms with E-state index in [1.54, 1.807) is 18.5 Å². The number of nitrogens with zero attached hydrogens (tertiary/aromatic N) is 2. The Balaban J connectivity index is 2.50. The first-order chi connectivity index (χ1) is 8.39. The predicted molar refractivity (Wildman–Crippen MR) is 62.7 cm³/mol. The van der Waals surface area contributed by atoms with E-state index in [1.165, 1.54) is 16.8 Å². The lowest BCUT2D eigenvalue weighted by Crippen LogP contribution is -2.10. The molecule has 0 bridgehead atoms. The van der Waals surface area contributed by atoms with Gasteiger partial charge in [-0.05, 0) is 23.6 Å². The molecule has 2 nitrogen and oxygen atoms in total. The lowest BCUT2D eigenvalue weighted by atomic mass is 10.1. The van der Waals surface area contributed by atoms with Crippen LogP contribution in [0.15, 0.2) is 36.7 Å². The minimum absolute atomic E-state index is 0.0527. The number of rotatable bonds is 2. The van der Waals surface area contributed by atoms with Gasteiger partial charge in [0.1, 0.15) is 0 Å². The molecule has 0 N–H and O–H groups in total. The fourth-order valence-electron chi connectivity index (χ4n) is 1.68. The fraction of sp³-hybridized carbons (Fsp3) is 0.308. The molecule has 2 aromatic rings. The largest absolute Gasteiger partial charge is 0.418 e. The van der Waals surface area contributed by atoms with Crippen LogP contribution in [-0.2, 0) is 6.18 Å². The third-order valence-electron chi connectivity index (χ3n) is 2.73. The van der Waals surface area contributed by atoms with Crippen molar-refractivity contribution in [2.45, 2.75) is 25.9 Å². The average molecular weight is 254 g/mol. The van der Waals surface area contributed by atoms with Gasteiger partial charge in [0.15, 0.2) is 0 Å². The van der Waals surface area contributed by atoms with E-state index in [-0.39, 0.29) is 11.6 Å². The summed E-state index contributed by atoms with van der Waals surface area (Å²) in [4.78, 5) is 0. The second-order valence-corrected chi connectivity index (χ2v) is 4.39. The quantitative estimate of drug-likeness (QED) is 0.791. The fourth-order valence-corrected chi connectivity index (χ4v) is 1.68. The van der Waals surface area contributed by atoms with Gasteiger partial charge in [-0.25, -0.2) is 4.68 Å². The summed E-state index contributed by atoms with van der Waals surface area (Å²) in [5.41, 5.74) is 0.285. The Morgan fingerprint density at radius 2 is 1.83 bits per heavy atom. The zero-order valence-corrected chi connectivity index (χ0v) is 10.1. The zero-order valence-electron chi connectivity index (χ0n) is 10.1. The first-order valence-electron chi connectivity index (χ1n) is 5.61. The molecule has 0 aliphatic rings. The summed E-state index contributed by atoms with van der Waals surface area (Å²) in [5.74, 6) is 0.233. The van der Waals surface area contributed by atoms with Crippen molar-refractivity contribution >= 4 is 0 Å². The Labute approximate surface area is 103 Å². The Kier molecular flexibility index (Phi) is 3.15. The predicted octanol–water partition coefficient (Wildman–Crippen LogP) is 4.01. The van der Waals surface area contributed by atoms with E-state index in [0.29, 0.717) is 0 Å². The van der Waals surface area contributed by atoms with E-state index < -0.39 is 11.7 Å². The summed E-state index contributed by atoms with van der Waals surface area (Å²) in [7, 11) is 0. The highest BCUT2D eigenvalue weighted by Crippen LogP contribution is 2.33. The molecule has 1 heterocycles. The molecule has 0 aliphatic carbocycles. The summed E-state index contributed by atoms with van der Waals surface area (Å²) in [6.45, 7) is 3.94. The van der Waals surface area contributed by atoms with E-state index in [0.717, 1.165) is 11.6 Å². The first-order valence-corrected chi connectivity index (χ1v) is 5.61. The Bertz CT molecular complexity index is 541. The van der Waals surface area contributed by atoms with E-state index in [1.807, 2.05) is 13.8 Å². The molecule has 0 spiro atoms. The van der Waals surface area contributed by atoms with Gasteiger partial charge in [-0.15, -0.1) is 0 Å². The summed E-state index contributed by atoms with van der Waals surface area (Å²) in [6, 6.07) is 5.42. The summed E-state index contributed by atoms with van der Waals surface area (Å²) in [5, 5.41) is 4.00. The number of aromatic nitrogens is 2. The van der Waals surface area contributed by atoms with E-state index in [2.05, 4.69) is 5.10 Å². The maximum Gasteiger partial charge on any atom is 0.418 e. The first kappa shape index (κ1) is 12.7. The third kappa shape index (κ3) is 2.39. The standard InChI is InChI=1S/C13H13F3N2/c1-9(2)10-7-17-18(8-10)12-6-4-3-5-11(12)13(14,15)16/h3-9H,1-2H3. The van der Waals surface area contributed by atoms with Crippen molar-refractivity contribution in [3.8, 4) is 5.69 Å². The van der Waals surface area contributed by atoms with Crippen LogP contribution in [-0.4, -0.2) is 9.78 Å². The Morgan fingerprint density at radius 3 is 2.39 bits per heavy atom. The van der Waals surface area contributed by atoms with Gasteiger partial charge in [0.25, 0.3) is 0 Å². The number of halogens is 3. The highest BCUT2D eigenvalue weighted by Gasteiger charge is 2.33. The number of alkyl halides is 3. The van der Waals surface area contributed by atoms with Gasteiger partial charge in [0, 0.05) is 6.20 Å². The van der Waals surface area contributed by atoms with Gasteiger partial charge in [-0.3, -0.25) is 0 Å². The van der Waals surface area contributed by atoms with Crippen LogP contribution in [0.4, 0.5) is 13.2 Å². The van der Waals surface area contributed by atoms with Crippen LogP contribution >= 0.6 is 0 Å². The van der Waals surface area contributed by atoms with Gasteiger partial charge in [-0.1, -0.05) is 26.0 Å². The van der Waals surface area contributed by atoms with Crippen molar-refractivity contribution in [2.75, 3.05) is 0 Å². The smallest absolute Gasteiger partial charge is 0.240 e. The number of benzene rings is 1. The van der Waals surface area contributed by atoms with Crippen molar-refractivity contribution in [1.82, 2.24) is 9.78 Å². The maximum atomic E-state index is 12.9. The van der Waals surface area contributed by atoms with Crippen LogP contribution in [0.5, 0.6) is 0 Å². The summed E-state index contributed by atoms with van der Waals surface area (Å²) >= 11 is 0. The Morgan fingerprint density at radius 1 is 1.17 bits per heavy atom. The molecule has 96 valence electrons. The Hall–Kier alpha value is -1.78. The van der Waals surface area contributed by atoms with Gasteiger partial charge in [0.05, 0.1) is 17.4 Å². The van der Waals surface area contributed by atoms with E-state index >= 15 is 0 Å². The maximum absolute atomic E-state index is 12.9. The van der Waals surface area contributed by atoms with Crippen LogP contribution in [0.25, 0.3) is 5.69 Å². The van der Waals surface area contributed by atoms with Crippen LogP contribution in [0, 0.1) is 0 Å². The van der Waals surface area contributed by atoms with E-state index in [9.17, 15) is 13.2 Å². The molecule has 0 saturated heterocycles. The third-order valence-corrected chi connectivity index (χ3v) is 2.73. The molecule has 1 aromatic carbocycles. The highest BCUT2D eigenvalue weighted by atomic mass is 19.4. The summed E-state index contributed by atoms with van der Waals surface area (Å²) < 4.78 is 39.9. The molecule has 0 atom stereocenters. The summed E-state index contributed by atoms with van der Waals surface area (Å²) in [6.07, 6.45) is -1.15. The normalized spacial score (nSPS) is 12.1. The number of hydrogen-bond acceptors (Lipinski definition) is 1. The molecule has 0 fully saturated rings. The van der Waals surface area contributed by atoms with Gasteiger partial charge < -0.3 is 0 Å². The number of para-hydroxylation sites is 1. The molecule has 0 unspecified atom stereocenters. The molecular weight excluding hydrogens is 241 g/mol. The minimum Gasteiger partial charge on any atom is -0.240 e. The highest BCUT2D eigenvalue weighted by molar-refractivity contribution is 5.42. The molecule has 0 amide bonds. The van der Waals surface area contributed by atoms with Crippen molar-refractivity contribution in [3.05, 3.63) is 47.8 Å². The van der Waals surface area contributed by atoms with Crippen LogP contribution in [0.1, 0.15) is 30.9 Å². The molecule has 18 heavy (non-hydrogen) atoms. The molecule has 0 aliphatic heterocycles. The molecule has 0 radical (unpaired) electrons. The van der Waals surface area contributed by atoms with Crippen molar-refractivity contribution in [2.24, 2.45) is 0 Å². The average Bonchev–Trinajstić information content (AvgIpc) is 2.77. The molecule has 2 rings (SSSR count). The van der Waals surface area contributed by atoms with Crippen LogP contribution in [0.3, 0.4) is 0 Å². The van der Waals surface area contributed by atoms with Gasteiger partial charge in [-0.2, -0.15) is 18.3 Å². The topological polar surface area (TPSA) is 17.8 Å².